The molecule has 4 heteroatoms. The third kappa shape index (κ3) is 8.66. The van der Waals surface area contributed by atoms with Crippen molar-refractivity contribution >= 4 is 26.6 Å². The maximum Gasteiger partial charge on any atom is -0.0809 e. The van der Waals surface area contributed by atoms with Gasteiger partial charge in [-0.1, -0.05) is 6.07 Å². The molecule has 0 radical (unpaired) electrons. The van der Waals surface area contributed by atoms with E-state index in [1.165, 1.54) is 21.1 Å². The first-order valence-corrected chi connectivity index (χ1v) is 14.5. The van der Waals surface area contributed by atoms with E-state index in [0.717, 1.165) is 6.42 Å². The van der Waals surface area contributed by atoms with Crippen LogP contribution in [0.1, 0.15) is 6.42 Å². The van der Waals surface area contributed by atoms with Crippen molar-refractivity contribution in [2.24, 2.45) is 0 Å². The van der Waals surface area contributed by atoms with E-state index in [4.69, 9.17) is 0 Å². The molecule has 0 heterocycles. The molecule has 0 bridgehead atoms. The molecule has 0 fully saturated rings. The fourth-order valence-corrected chi connectivity index (χ4v) is 6.63. The quantitative estimate of drug-likeness (QED) is 0.238. The summed E-state index contributed by atoms with van der Waals surface area (Å²) < 4.78 is 0. The Hall–Kier alpha value is -1.57. The minimum absolute atomic E-state index is 0. The molecule has 0 spiro atoms. The van der Waals surface area contributed by atoms with Gasteiger partial charge in [0.1, 0.15) is 0 Å². The molecule has 0 atom stereocenters. The summed E-state index contributed by atoms with van der Waals surface area (Å²) in [5.41, 5.74) is -0.455. The molecule has 0 saturated heterocycles. The monoisotopic (exact) mass is 522 g/mol. The number of benzene rings is 3. The molecule has 1 aliphatic rings. The molecule has 4 aromatic carbocycles. The van der Waals surface area contributed by atoms with Gasteiger partial charge in [-0.05, 0) is 0 Å². The van der Waals surface area contributed by atoms with Crippen molar-refractivity contribution in [1.82, 2.24) is 0 Å². The second kappa shape index (κ2) is 15.3. The van der Waals surface area contributed by atoms with E-state index in [1.807, 2.05) is 12.2 Å². The van der Waals surface area contributed by atoms with E-state index in [2.05, 4.69) is 115 Å². The van der Waals surface area contributed by atoms with Crippen molar-refractivity contribution in [3.8, 4) is 0 Å². The first-order chi connectivity index (χ1) is 13.8. The van der Waals surface area contributed by atoms with Gasteiger partial charge in [-0.2, -0.15) is 23.6 Å². The number of fused-ring (bicyclic) bond motifs is 1. The smallest absolute Gasteiger partial charge is 0.0809 e. The van der Waals surface area contributed by atoms with Gasteiger partial charge in [-0.25, -0.2) is 12.2 Å². The summed E-state index contributed by atoms with van der Waals surface area (Å²) in [6.07, 6.45) is 10.0. The Kier molecular flexibility index (Phi) is 13.5. The third-order valence-electron chi connectivity index (χ3n) is 4.26. The first-order valence-electron chi connectivity index (χ1n) is 9.36. The van der Waals surface area contributed by atoms with Crippen molar-refractivity contribution in [3.63, 3.8) is 0 Å². The summed E-state index contributed by atoms with van der Waals surface area (Å²) >= 11 is 1.64. The third-order valence-corrected chi connectivity index (χ3v) is 10.3. The number of rotatable bonds is 2. The number of hydrogen-bond acceptors (Lipinski definition) is 0. The van der Waals surface area contributed by atoms with Crippen molar-refractivity contribution < 1.29 is 48.1 Å². The SMILES string of the molecule is [C-]1=CC=CC1.[Cl-].[Cl-].[Zr+2]=[Si](c1ccccc1)c1ccccc1.c1ccc2[cH-]ccc2c1. The summed E-state index contributed by atoms with van der Waals surface area (Å²) in [6, 6.07) is 36.3. The molecule has 150 valence electrons. The maximum absolute atomic E-state index is 2.99. The second-order valence-corrected chi connectivity index (χ2v) is 11.9. The van der Waals surface area contributed by atoms with Gasteiger partial charge in [0.05, 0.1) is 0 Å². The van der Waals surface area contributed by atoms with Crippen LogP contribution in [0.15, 0.2) is 121 Å². The molecular weight excluding hydrogens is 503 g/mol. The van der Waals surface area contributed by atoms with Crippen LogP contribution in [0, 0.1) is 6.08 Å². The predicted octanol–water partition coefficient (Wildman–Crippen LogP) is -0.789. The average Bonchev–Trinajstić information content (AvgIpc) is 3.50. The molecule has 0 aromatic heterocycles. The van der Waals surface area contributed by atoms with E-state index in [0.29, 0.717) is 0 Å². The Balaban J connectivity index is 0.000000242. The molecule has 1 aliphatic carbocycles. The predicted molar refractivity (Wildman–Crippen MR) is 119 cm³/mol. The Morgan fingerprint density at radius 3 is 1.77 bits per heavy atom. The molecule has 0 N–H and O–H groups in total. The van der Waals surface area contributed by atoms with Gasteiger partial charge >= 0.3 is 99.8 Å². The van der Waals surface area contributed by atoms with Crippen molar-refractivity contribution in [3.05, 3.63) is 127 Å². The van der Waals surface area contributed by atoms with Crippen LogP contribution in [-0.4, -0.2) is 5.43 Å². The van der Waals surface area contributed by atoms with E-state index in [1.54, 1.807) is 23.3 Å². The Morgan fingerprint density at radius 2 is 1.30 bits per heavy atom. The van der Waals surface area contributed by atoms with Crippen LogP contribution in [-0.2, 0) is 23.3 Å². The standard InChI is InChI=1S/C12H10Si.C9H7.C5H5.2ClH.Zr/c1-3-7-11(8-4-1)13-12-9-5-2-6-10-12;1-2-5-9-7-3-6-8(9)4-1;1-2-4-5-3-1;;;/h1-10H;1-7H;1-3H,4H2;2*1H;/q;2*-1;;;+2/p-2. The number of halogens is 2. The first kappa shape index (κ1) is 26.5. The van der Waals surface area contributed by atoms with Crippen LogP contribution < -0.4 is 35.2 Å². The van der Waals surface area contributed by atoms with Gasteiger partial charge in [0, 0.05) is 0 Å². The Bertz CT molecular complexity index is 972. The van der Waals surface area contributed by atoms with Crippen LogP contribution in [0.2, 0.25) is 0 Å². The fraction of sp³-hybridized carbons (Fsp3) is 0.0385. The van der Waals surface area contributed by atoms with E-state index >= 15 is 0 Å². The summed E-state index contributed by atoms with van der Waals surface area (Å²) in [4.78, 5) is 0. The van der Waals surface area contributed by atoms with Gasteiger partial charge in [0.25, 0.3) is 0 Å². The molecule has 0 amide bonds. The van der Waals surface area contributed by atoms with Gasteiger partial charge in [0.2, 0.25) is 0 Å². The average molecular weight is 525 g/mol. The van der Waals surface area contributed by atoms with E-state index in [-0.39, 0.29) is 24.8 Å². The normalized spacial score (nSPS) is 10.6. The molecule has 0 nitrogen and oxygen atoms in total. The van der Waals surface area contributed by atoms with Crippen molar-refractivity contribution in [2.45, 2.75) is 6.42 Å². The molecule has 0 unspecified atom stereocenters. The Morgan fingerprint density at radius 1 is 0.733 bits per heavy atom. The second-order valence-electron chi connectivity index (χ2n) is 6.26. The zero-order chi connectivity index (χ0) is 19.4. The van der Waals surface area contributed by atoms with Crippen LogP contribution >= 0.6 is 0 Å². The fourth-order valence-electron chi connectivity index (χ4n) is 2.79. The van der Waals surface area contributed by atoms with Crippen LogP contribution in [0.5, 0.6) is 0 Å². The number of allylic oxidation sites excluding steroid dienone is 4. The summed E-state index contributed by atoms with van der Waals surface area (Å²) in [7, 11) is 0. The maximum atomic E-state index is 2.99. The summed E-state index contributed by atoms with van der Waals surface area (Å²) in [6.45, 7) is 0. The molecular formula is C26H22Cl2SiZr-2. The topological polar surface area (TPSA) is 0 Å². The van der Waals surface area contributed by atoms with Crippen molar-refractivity contribution in [1.29, 1.82) is 0 Å². The zero-order valence-corrected chi connectivity index (χ0v) is 21.5. The summed E-state index contributed by atoms with van der Waals surface area (Å²) in [5.74, 6) is 0. The Labute approximate surface area is 207 Å². The number of hydrogen-bond donors (Lipinski definition) is 0. The summed E-state index contributed by atoms with van der Waals surface area (Å²) in [5, 5.41) is 5.69. The van der Waals surface area contributed by atoms with Crippen LogP contribution in [0.25, 0.3) is 10.8 Å². The van der Waals surface area contributed by atoms with Gasteiger partial charge in [-0.3, -0.25) is 6.08 Å². The zero-order valence-electron chi connectivity index (χ0n) is 16.5. The minimum atomic E-state index is -0.455. The molecule has 0 saturated carbocycles. The van der Waals surface area contributed by atoms with Crippen molar-refractivity contribution in [2.75, 3.05) is 0 Å². The molecule has 30 heavy (non-hydrogen) atoms. The largest absolute Gasteiger partial charge is 0.168 e. The molecule has 0 aliphatic heterocycles. The van der Waals surface area contributed by atoms with Crippen LogP contribution in [0.4, 0.5) is 0 Å². The van der Waals surface area contributed by atoms with Crippen LogP contribution in [0.3, 0.4) is 0 Å². The van der Waals surface area contributed by atoms with Gasteiger partial charge < -0.3 is 24.8 Å². The van der Waals surface area contributed by atoms with E-state index < -0.39 is 5.43 Å². The molecule has 4 aromatic rings. The van der Waals surface area contributed by atoms with E-state index in [9.17, 15) is 0 Å². The van der Waals surface area contributed by atoms with Gasteiger partial charge in [0.15, 0.2) is 0 Å². The molecule has 5 rings (SSSR count). The minimum Gasteiger partial charge on any atom is -0.168 e. The van der Waals surface area contributed by atoms with Gasteiger partial charge in [-0.15, -0.1) is 36.1 Å².